The smallest absolute Gasteiger partial charge is 0.0648 e. The average Bonchev–Trinajstić information content (AvgIpc) is 2.03. The Labute approximate surface area is 87.4 Å². The molecule has 0 spiro atoms. The molecule has 0 rings (SSSR count). The van der Waals surface area contributed by atoms with Gasteiger partial charge in [-0.15, -0.1) is 0 Å². The van der Waals surface area contributed by atoms with Gasteiger partial charge in [0.2, 0.25) is 0 Å². The highest BCUT2D eigenvalue weighted by Gasteiger charge is 2.21. The Morgan fingerprint density at radius 2 is 1.57 bits per heavy atom. The fourth-order valence-electron chi connectivity index (χ4n) is 1.02. The average molecular weight is 204 g/mol. The van der Waals surface area contributed by atoms with Crippen molar-refractivity contribution in [1.29, 1.82) is 0 Å². The topological polar surface area (TPSA) is 38.7 Å². The number of hydrogen-bond donors (Lipinski definition) is 1. The van der Waals surface area contributed by atoms with Crippen LogP contribution in [0.15, 0.2) is 0 Å². The lowest BCUT2D eigenvalue weighted by molar-refractivity contribution is -0.0657. The zero-order valence-electron chi connectivity index (χ0n) is 10.1. The predicted octanol–water partition coefficient (Wildman–Crippen LogP) is 1.98. The van der Waals surface area contributed by atoms with E-state index in [1.165, 1.54) is 0 Å². The van der Waals surface area contributed by atoms with Crippen LogP contribution in [0, 0.1) is 0 Å². The van der Waals surface area contributed by atoms with Crippen LogP contribution in [0.25, 0.3) is 0 Å². The molecule has 0 aliphatic carbocycles. The first-order valence-corrected chi connectivity index (χ1v) is 5.13. The number of aliphatic hydroxyl groups is 1. The Balaban J connectivity index is 3.73. The Kier molecular flexibility index (Phi) is 5.64. The third-order valence-electron chi connectivity index (χ3n) is 2.46. The molecule has 0 unspecified atom stereocenters. The second-order valence-corrected chi connectivity index (χ2v) is 4.80. The van der Waals surface area contributed by atoms with Crippen molar-refractivity contribution in [3.63, 3.8) is 0 Å². The summed E-state index contributed by atoms with van der Waals surface area (Å²) in [6.45, 7) is 8.88. The number of aliphatic hydroxyl groups excluding tert-OH is 1. The minimum absolute atomic E-state index is 0.130. The van der Waals surface area contributed by atoms with E-state index >= 15 is 0 Å². The van der Waals surface area contributed by atoms with Gasteiger partial charge in [-0.25, -0.2) is 0 Å². The lowest BCUT2D eigenvalue weighted by Gasteiger charge is -2.28. The lowest BCUT2D eigenvalue weighted by atomic mass is 10.0. The van der Waals surface area contributed by atoms with Gasteiger partial charge in [0.1, 0.15) is 0 Å². The van der Waals surface area contributed by atoms with Crippen LogP contribution in [-0.2, 0) is 9.47 Å². The van der Waals surface area contributed by atoms with Gasteiger partial charge in [-0.2, -0.15) is 0 Å². The number of rotatable bonds is 7. The summed E-state index contributed by atoms with van der Waals surface area (Å²) in [4.78, 5) is 0. The van der Waals surface area contributed by atoms with E-state index in [2.05, 4.69) is 0 Å². The molecule has 3 nitrogen and oxygen atoms in total. The van der Waals surface area contributed by atoms with Crippen LogP contribution < -0.4 is 0 Å². The van der Waals surface area contributed by atoms with E-state index in [9.17, 15) is 0 Å². The molecule has 0 aliphatic heterocycles. The summed E-state index contributed by atoms with van der Waals surface area (Å²) in [5, 5.41) is 8.80. The zero-order chi connectivity index (χ0) is 11.2. The maximum Gasteiger partial charge on any atom is 0.0648 e. The van der Waals surface area contributed by atoms with Gasteiger partial charge in [0.25, 0.3) is 0 Å². The summed E-state index contributed by atoms with van der Waals surface area (Å²) < 4.78 is 11.0. The van der Waals surface area contributed by atoms with E-state index in [0.29, 0.717) is 13.0 Å². The highest BCUT2D eigenvalue weighted by atomic mass is 16.5. The third-order valence-corrected chi connectivity index (χ3v) is 2.46. The monoisotopic (exact) mass is 204 g/mol. The molecule has 14 heavy (non-hydrogen) atoms. The molecule has 0 saturated heterocycles. The molecule has 0 amide bonds. The summed E-state index contributed by atoms with van der Waals surface area (Å²) in [6, 6.07) is 0. The van der Waals surface area contributed by atoms with Gasteiger partial charge < -0.3 is 14.6 Å². The predicted molar refractivity (Wildman–Crippen MR) is 57.4 cm³/mol. The summed E-state index contributed by atoms with van der Waals surface area (Å²) in [5.41, 5.74) is -0.367. The molecule has 86 valence electrons. The first-order valence-electron chi connectivity index (χ1n) is 5.13. The second kappa shape index (κ2) is 5.69. The molecule has 0 aliphatic rings. The SMILES string of the molecule is COC(C)(C)CCOC(C)(C)CCO. The fourth-order valence-corrected chi connectivity index (χ4v) is 1.02. The summed E-state index contributed by atoms with van der Waals surface area (Å²) in [7, 11) is 1.71. The van der Waals surface area contributed by atoms with Crippen molar-refractivity contribution in [2.24, 2.45) is 0 Å². The molecule has 3 heteroatoms. The minimum atomic E-state index is -0.238. The van der Waals surface area contributed by atoms with Gasteiger partial charge in [-0.1, -0.05) is 0 Å². The Hall–Kier alpha value is -0.120. The van der Waals surface area contributed by atoms with Crippen LogP contribution in [-0.4, -0.2) is 36.6 Å². The lowest BCUT2D eigenvalue weighted by Crippen LogP contribution is -2.30. The van der Waals surface area contributed by atoms with Crippen molar-refractivity contribution in [1.82, 2.24) is 0 Å². The molecule has 0 bridgehead atoms. The molecular weight excluding hydrogens is 180 g/mol. The van der Waals surface area contributed by atoms with Crippen LogP contribution >= 0.6 is 0 Å². The van der Waals surface area contributed by atoms with Gasteiger partial charge >= 0.3 is 0 Å². The van der Waals surface area contributed by atoms with Gasteiger partial charge in [0.15, 0.2) is 0 Å². The summed E-state index contributed by atoms with van der Waals surface area (Å²) in [6.07, 6.45) is 1.53. The first kappa shape index (κ1) is 13.9. The number of hydrogen-bond acceptors (Lipinski definition) is 3. The Morgan fingerprint density at radius 3 is 2.00 bits per heavy atom. The van der Waals surface area contributed by atoms with E-state index in [1.54, 1.807) is 7.11 Å². The van der Waals surface area contributed by atoms with Crippen molar-refractivity contribution >= 4 is 0 Å². The molecule has 0 aromatic rings. The summed E-state index contributed by atoms with van der Waals surface area (Å²) in [5.74, 6) is 0. The molecule has 0 heterocycles. The van der Waals surface area contributed by atoms with Gasteiger partial charge in [-0.05, 0) is 40.5 Å². The van der Waals surface area contributed by atoms with Gasteiger partial charge in [0, 0.05) is 13.7 Å². The van der Waals surface area contributed by atoms with E-state index in [-0.39, 0.29) is 17.8 Å². The Bertz CT molecular complexity index is 153. The fraction of sp³-hybridized carbons (Fsp3) is 1.00. The van der Waals surface area contributed by atoms with Crippen LogP contribution in [0.5, 0.6) is 0 Å². The highest BCUT2D eigenvalue weighted by molar-refractivity contribution is 4.71. The molecular formula is C11H24O3. The zero-order valence-corrected chi connectivity index (χ0v) is 10.1. The van der Waals surface area contributed by atoms with E-state index in [1.807, 2.05) is 27.7 Å². The van der Waals surface area contributed by atoms with E-state index < -0.39 is 0 Å². The third kappa shape index (κ3) is 6.35. The Morgan fingerprint density at radius 1 is 1.00 bits per heavy atom. The van der Waals surface area contributed by atoms with Crippen molar-refractivity contribution in [3.8, 4) is 0 Å². The highest BCUT2D eigenvalue weighted by Crippen LogP contribution is 2.18. The molecule has 1 N–H and O–H groups in total. The van der Waals surface area contributed by atoms with Crippen LogP contribution in [0.1, 0.15) is 40.5 Å². The number of methoxy groups -OCH3 is 1. The molecule has 0 fully saturated rings. The molecule has 0 aromatic carbocycles. The maximum atomic E-state index is 8.80. The quantitative estimate of drug-likeness (QED) is 0.689. The first-order chi connectivity index (χ1) is 6.33. The molecule has 0 saturated carbocycles. The van der Waals surface area contributed by atoms with Crippen LogP contribution in [0.3, 0.4) is 0 Å². The van der Waals surface area contributed by atoms with Crippen molar-refractivity contribution < 1.29 is 14.6 Å². The molecule has 0 radical (unpaired) electrons. The molecule has 0 aromatic heterocycles. The number of ether oxygens (including phenoxy) is 2. The standard InChI is InChI=1S/C11H24O3/c1-10(2,13-5)7-9-14-11(3,4)6-8-12/h12H,6-9H2,1-5H3. The maximum absolute atomic E-state index is 8.80. The van der Waals surface area contributed by atoms with E-state index in [0.717, 1.165) is 6.42 Å². The van der Waals surface area contributed by atoms with Gasteiger partial charge in [0.05, 0.1) is 17.8 Å². The minimum Gasteiger partial charge on any atom is -0.396 e. The van der Waals surface area contributed by atoms with Crippen molar-refractivity contribution in [2.75, 3.05) is 20.3 Å². The second-order valence-electron chi connectivity index (χ2n) is 4.80. The summed E-state index contributed by atoms with van der Waals surface area (Å²) >= 11 is 0. The van der Waals surface area contributed by atoms with Gasteiger partial charge in [-0.3, -0.25) is 0 Å². The largest absolute Gasteiger partial charge is 0.396 e. The normalized spacial score (nSPS) is 13.3. The molecule has 0 atom stereocenters. The van der Waals surface area contributed by atoms with E-state index in [4.69, 9.17) is 14.6 Å². The van der Waals surface area contributed by atoms with Crippen molar-refractivity contribution in [2.45, 2.75) is 51.7 Å². The van der Waals surface area contributed by atoms with Crippen LogP contribution in [0.4, 0.5) is 0 Å². The van der Waals surface area contributed by atoms with Crippen LogP contribution in [0.2, 0.25) is 0 Å². The van der Waals surface area contributed by atoms with Crippen molar-refractivity contribution in [3.05, 3.63) is 0 Å².